The molecular formula is C34H31F2N3O3. The normalized spacial score (nSPS) is 13.9. The minimum absolute atomic E-state index is 0.0898. The SMILES string of the molecule is O=C(c1ccc(OCc2ccc(F)cc2)c(CO)c1)N1CCC(c2nc3ccccc3n2Cc2ccc(F)cc2)CC1. The minimum atomic E-state index is -0.314. The summed E-state index contributed by atoms with van der Waals surface area (Å²) in [5.74, 6) is 0.982. The number of amides is 1. The van der Waals surface area contributed by atoms with Crippen LogP contribution >= 0.6 is 0 Å². The Hall–Kier alpha value is -4.56. The van der Waals surface area contributed by atoms with Crippen LogP contribution in [0, 0.1) is 11.6 Å². The van der Waals surface area contributed by atoms with Gasteiger partial charge >= 0.3 is 0 Å². The van der Waals surface area contributed by atoms with Crippen molar-refractivity contribution in [2.45, 2.75) is 38.5 Å². The number of para-hydroxylation sites is 2. The standard InChI is InChI=1S/C34H31F2N3O3/c35-28-10-5-23(6-11-28)20-39-31-4-2-1-3-30(31)37-33(39)25-15-17-38(18-16-25)34(41)26-9-14-32(27(19-26)21-40)42-22-24-7-12-29(36)13-8-24/h1-14,19,25,40H,15-18,20-22H2. The first-order valence-corrected chi connectivity index (χ1v) is 14.1. The van der Waals surface area contributed by atoms with Gasteiger partial charge in [-0.05, 0) is 78.6 Å². The van der Waals surface area contributed by atoms with E-state index in [1.54, 1.807) is 42.5 Å². The maximum absolute atomic E-state index is 13.5. The lowest BCUT2D eigenvalue weighted by molar-refractivity contribution is 0.0710. The molecule has 1 saturated heterocycles. The molecule has 214 valence electrons. The highest BCUT2D eigenvalue weighted by atomic mass is 19.1. The van der Waals surface area contributed by atoms with Gasteiger partial charge < -0.3 is 19.3 Å². The van der Waals surface area contributed by atoms with Crippen LogP contribution in [0.25, 0.3) is 11.0 Å². The smallest absolute Gasteiger partial charge is 0.253 e. The van der Waals surface area contributed by atoms with Crippen molar-refractivity contribution < 1.29 is 23.4 Å². The van der Waals surface area contributed by atoms with Gasteiger partial charge in [0.1, 0.15) is 29.8 Å². The summed E-state index contributed by atoms with van der Waals surface area (Å²) >= 11 is 0. The van der Waals surface area contributed by atoms with Gasteiger partial charge in [-0.25, -0.2) is 13.8 Å². The number of aliphatic hydroxyl groups is 1. The van der Waals surface area contributed by atoms with E-state index in [-0.39, 0.29) is 36.7 Å². The van der Waals surface area contributed by atoms with Gasteiger partial charge in [-0.1, -0.05) is 36.4 Å². The molecule has 6 rings (SSSR count). The highest BCUT2D eigenvalue weighted by Crippen LogP contribution is 2.32. The molecule has 1 aliphatic rings. The molecule has 42 heavy (non-hydrogen) atoms. The molecule has 4 aromatic carbocycles. The third-order valence-corrected chi connectivity index (χ3v) is 7.87. The van der Waals surface area contributed by atoms with Crippen LogP contribution in [0.3, 0.4) is 0 Å². The van der Waals surface area contributed by atoms with E-state index in [9.17, 15) is 18.7 Å². The van der Waals surface area contributed by atoms with Crippen molar-refractivity contribution in [3.63, 3.8) is 0 Å². The first-order chi connectivity index (χ1) is 20.5. The fourth-order valence-corrected chi connectivity index (χ4v) is 5.59. The number of carbonyl (C=O) groups is 1. The predicted molar refractivity (Wildman–Crippen MR) is 156 cm³/mol. The van der Waals surface area contributed by atoms with Crippen molar-refractivity contribution in [3.8, 4) is 5.75 Å². The highest BCUT2D eigenvalue weighted by molar-refractivity contribution is 5.94. The summed E-state index contributed by atoms with van der Waals surface area (Å²) in [5, 5.41) is 9.95. The number of rotatable bonds is 8. The van der Waals surface area contributed by atoms with Crippen LogP contribution in [0.4, 0.5) is 8.78 Å². The Labute approximate surface area is 242 Å². The molecule has 0 unspecified atom stereocenters. The van der Waals surface area contributed by atoms with E-state index in [4.69, 9.17) is 9.72 Å². The van der Waals surface area contributed by atoms with Crippen LogP contribution in [0.1, 0.15) is 51.6 Å². The number of aliphatic hydroxyl groups excluding tert-OH is 1. The summed E-state index contributed by atoms with van der Waals surface area (Å²) in [6, 6.07) is 25.7. The molecular weight excluding hydrogens is 536 g/mol. The molecule has 1 aromatic heterocycles. The number of likely N-dealkylation sites (tertiary alicyclic amines) is 1. The molecule has 1 aliphatic heterocycles. The van der Waals surface area contributed by atoms with E-state index in [1.807, 2.05) is 23.1 Å². The fraction of sp³-hybridized carbons (Fsp3) is 0.235. The van der Waals surface area contributed by atoms with E-state index in [1.165, 1.54) is 24.3 Å². The molecule has 6 nitrogen and oxygen atoms in total. The van der Waals surface area contributed by atoms with Crippen LogP contribution in [0.2, 0.25) is 0 Å². The summed E-state index contributed by atoms with van der Waals surface area (Å²) in [6.07, 6.45) is 1.54. The Balaban J connectivity index is 1.14. The van der Waals surface area contributed by atoms with Crippen LogP contribution in [0.15, 0.2) is 91.0 Å². The van der Waals surface area contributed by atoms with E-state index < -0.39 is 0 Å². The Kier molecular flexibility index (Phi) is 7.97. The van der Waals surface area contributed by atoms with Gasteiger partial charge in [-0.2, -0.15) is 0 Å². The van der Waals surface area contributed by atoms with Crippen molar-refractivity contribution in [1.29, 1.82) is 0 Å². The predicted octanol–water partition coefficient (Wildman–Crippen LogP) is 6.45. The average Bonchev–Trinajstić information content (AvgIpc) is 3.39. The molecule has 0 aliphatic carbocycles. The van der Waals surface area contributed by atoms with Crippen molar-refractivity contribution in [1.82, 2.24) is 14.5 Å². The van der Waals surface area contributed by atoms with Crippen molar-refractivity contribution in [2.75, 3.05) is 13.1 Å². The maximum atomic E-state index is 13.5. The average molecular weight is 568 g/mol. The van der Waals surface area contributed by atoms with Crippen molar-refractivity contribution >= 4 is 16.9 Å². The second-order valence-corrected chi connectivity index (χ2v) is 10.6. The van der Waals surface area contributed by atoms with Gasteiger partial charge in [-0.3, -0.25) is 4.79 Å². The second-order valence-electron chi connectivity index (χ2n) is 10.6. The number of aromatic nitrogens is 2. The molecule has 8 heteroatoms. The molecule has 0 saturated carbocycles. The van der Waals surface area contributed by atoms with Crippen LogP contribution in [0.5, 0.6) is 5.75 Å². The number of nitrogens with zero attached hydrogens (tertiary/aromatic N) is 3. The summed E-state index contributed by atoms with van der Waals surface area (Å²) in [7, 11) is 0. The molecule has 0 radical (unpaired) electrons. The molecule has 1 fully saturated rings. The zero-order chi connectivity index (χ0) is 29.1. The van der Waals surface area contributed by atoms with E-state index in [0.717, 1.165) is 40.8 Å². The molecule has 0 bridgehead atoms. The largest absolute Gasteiger partial charge is 0.489 e. The number of piperidine rings is 1. The first kappa shape index (κ1) is 27.6. The molecule has 1 amide bonds. The highest BCUT2D eigenvalue weighted by Gasteiger charge is 2.28. The van der Waals surface area contributed by atoms with E-state index in [0.29, 0.717) is 36.5 Å². The Morgan fingerprint density at radius 1 is 0.881 bits per heavy atom. The number of hydrogen-bond donors (Lipinski definition) is 1. The molecule has 1 N–H and O–H groups in total. The summed E-state index contributed by atoms with van der Waals surface area (Å²) in [6.45, 7) is 1.71. The van der Waals surface area contributed by atoms with Crippen LogP contribution < -0.4 is 4.74 Å². The van der Waals surface area contributed by atoms with Gasteiger partial charge in [0, 0.05) is 36.7 Å². The summed E-state index contributed by atoms with van der Waals surface area (Å²) in [4.78, 5) is 20.3. The first-order valence-electron chi connectivity index (χ1n) is 14.1. The quantitative estimate of drug-likeness (QED) is 0.234. The second kappa shape index (κ2) is 12.1. The number of halogens is 2. The van der Waals surface area contributed by atoms with Crippen molar-refractivity contribution in [3.05, 3.63) is 131 Å². The van der Waals surface area contributed by atoms with Gasteiger partial charge in [-0.15, -0.1) is 0 Å². The lowest BCUT2D eigenvalue weighted by Crippen LogP contribution is -2.38. The van der Waals surface area contributed by atoms with Crippen LogP contribution in [-0.4, -0.2) is 38.6 Å². The number of benzene rings is 4. The van der Waals surface area contributed by atoms with Gasteiger partial charge in [0.2, 0.25) is 0 Å². The van der Waals surface area contributed by atoms with E-state index in [2.05, 4.69) is 10.6 Å². The third-order valence-electron chi connectivity index (χ3n) is 7.87. The van der Waals surface area contributed by atoms with Gasteiger partial charge in [0.15, 0.2) is 0 Å². The summed E-state index contributed by atoms with van der Waals surface area (Å²) < 4.78 is 34.7. The Bertz CT molecular complexity index is 1690. The number of imidazole rings is 1. The fourth-order valence-electron chi connectivity index (χ4n) is 5.59. The van der Waals surface area contributed by atoms with Gasteiger partial charge in [0.05, 0.1) is 17.6 Å². The topological polar surface area (TPSA) is 67.6 Å². The molecule has 5 aromatic rings. The number of hydrogen-bond acceptors (Lipinski definition) is 4. The van der Waals surface area contributed by atoms with Gasteiger partial charge in [0.25, 0.3) is 5.91 Å². The number of fused-ring (bicyclic) bond motifs is 1. The lowest BCUT2D eigenvalue weighted by atomic mass is 9.95. The third kappa shape index (κ3) is 5.90. The van der Waals surface area contributed by atoms with E-state index >= 15 is 0 Å². The zero-order valence-corrected chi connectivity index (χ0v) is 23.0. The van der Waals surface area contributed by atoms with Crippen LogP contribution in [-0.2, 0) is 19.8 Å². The maximum Gasteiger partial charge on any atom is 0.253 e. The molecule has 0 atom stereocenters. The monoisotopic (exact) mass is 567 g/mol. The number of ether oxygens (including phenoxy) is 1. The summed E-state index contributed by atoms with van der Waals surface area (Å²) in [5.41, 5.74) is 4.77. The van der Waals surface area contributed by atoms with Crippen molar-refractivity contribution in [2.24, 2.45) is 0 Å². The number of carbonyl (C=O) groups excluding carboxylic acids is 1. The Morgan fingerprint density at radius 2 is 1.55 bits per heavy atom. The minimum Gasteiger partial charge on any atom is -0.489 e. The molecule has 0 spiro atoms. The lowest BCUT2D eigenvalue weighted by Gasteiger charge is -2.32. The Morgan fingerprint density at radius 3 is 2.24 bits per heavy atom. The molecule has 2 heterocycles. The zero-order valence-electron chi connectivity index (χ0n) is 23.0.